The van der Waals surface area contributed by atoms with Crippen molar-refractivity contribution in [1.29, 1.82) is 0 Å². The smallest absolute Gasteiger partial charge is 0.335 e. The highest BCUT2D eigenvalue weighted by Gasteiger charge is 2.20. The third-order valence-corrected chi connectivity index (χ3v) is 5.78. The summed E-state index contributed by atoms with van der Waals surface area (Å²) in [6.45, 7) is 6.99. The zero-order chi connectivity index (χ0) is 23.4. The number of hydrogen-bond acceptors (Lipinski definition) is 6. The number of rotatable bonds is 8. The number of carboxylic acids is 1. The molecule has 1 amide bonds. The van der Waals surface area contributed by atoms with Crippen LogP contribution in [-0.4, -0.2) is 37.6 Å². The molecule has 0 aliphatic rings. The fourth-order valence-electron chi connectivity index (χ4n) is 2.96. The van der Waals surface area contributed by atoms with E-state index in [0.717, 1.165) is 11.8 Å². The first kappa shape index (κ1) is 23.0. The van der Waals surface area contributed by atoms with Gasteiger partial charge in [-0.3, -0.25) is 19.0 Å². The topological polar surface area (TPSA) is 118 Å². The van der Waals surface area contributed by atoms with Crippen molar-refractivity contribution in [2.75, 3.05) is 5.32 Å². The van der Waals surface area contributed by atoms with Crippen molar-refractivity contribution in [3.63, 3.8) is 0 Å². The summed E-state index contributed by atoms with van der Waals surface area (Å²) < 4.78 is 1.39. The lowest BCUT2D eigenvalue weighted by atomic mass is 10.1. The Hall–Kier alpha value is -3.72. The zero-order valence-electron chi connectivity index (χ0n) is 17.5. The molecule has 0 unspecified atom stereocenters. The Bertz CT molecular complexity index is 1280. The Kier molecular flexibility index (Phi) is 6.89. The van der Waals surface area contributed by atoms with Crippen LogP contribution in [0.5, 0.6) is 0 Å². The summed E-state index contributed by atoms with van der Waals surface area (Å²) in [5.41, 5.74) is 0.988. The second-order valence-electron chi connectivity index (χ2n) is 7.02. The van der Waals surface area contributed by atoms with Crippen LogP contribution in [0.3, 0.4) is 0 Å². The lowest BCUT2D eigenvalue weighted by Gasteiger charge is -2.16. The zero-order valence-corrected chi connectivity index (χ0v) is 18.3. The SMILES string of the molecule is C=CCn1c(S[C@H](C)C(=O)Nc2ccc(C(C)=O)cc2)nc2cc(C(=O)O)ccc2c1=O. The van der Waals surface area contributed by atoms with E-state index in [1.807, 2.05) is 0 Å². The number of Topliss-reactive ketones (excluding diaryl/α,β-unsaturated/α-hetero) is 1. The van der Waals surface area contributed by atoms with Gasteiger partial charge in [0.15, 0.2) is 10.9 Å². The summed E-state index contributed by atoms with van der Waals surface area (Å²) in [5.74, 6) is -1.51. The number of anilines is 1. The number of nitrogens with one attached hydrogen (secondary N) is 1. The van der Waals surface area contributed by atoms with Crippen molar-refractivity contribution in [3.8, 4) is 0 Å². The Morgan fingerprint density at radius 1 is 1.19 bits per heavy atom. The lowest BCUT2D eigenvalue weighted by Crippen LogP contribution is -2.27. The molecule has 0 bridgehead atoms. The van der Waals surface area contributed by atoms with Gasteiger partial charge in [0.25, 0.3) is 5.56 Å². The van der Waals surface area contributed by atoms with Gasteiger partial charge in [-0.2, -0.15) is 0 Å². The quantitative estimate of drug-likeness (QED) is 0.232. The van der Waals surface area contributed by atoms with Crippen LogP contribution in [0.1, 0.15) is 34.6 Å². The fraction of sp³-hybridized carbons (Fsp3) is 0.174. The number of ketones is 1. The van der Waals surface area contributed by atoms with Crippen molar-refractivity contribution < 1.29 is 19.5 Å². The van der Waals surface area contributed by atoms with Gasteiger partial charge >= 0.3 is 5.97 Å². The van der Waals surface area contributed by atoms with E-state index in [9.17, 15) is 24.3 Å². The van der Waals surface area contributed by atoms with Crippen LogP contribution in [0.25, 0.3) is 10.9 Å². The van der Waals surface area contributed by atoms with Crippen molar-refractivity contribution in [3.05, 3.63) is 76.6 Å². The van der Waals surface area contributed by atoms with Gasteiger partial charge in [0.05, 0.1) is 21.7 Å². The molecule has 0 radical (unpaired) electrons. The lowest BCUT2D eigenvalue weighted by molar-refractivity contribution is -0.115. The molecule has 2 aromatic carbocycles. The van der Waals surface area contributed by atoms with Crippen LogP contribution in [-0.2, 0) is 11.3 Å². The monoisotopic (exact) mass is 451 g/mol. The first-order chi connectivity index (χ1) is 15.2. The Morgan fingerprint density at radius 2 is 1.84 bits per heavy atom. The number of amides is 1. The molecule has 0 aliphatic carbocycles. The van der Waals surface area contributed by atoms with Gasteiger partial charge in [0.2, 0.25) is 5.91 Å². The van der Waals surface area contributed by atoms with Gasteiger partial charge in [-0.15, -0.1) is 6.58 Å². The van der Waals surface area contributed by atoms with Crippen LogP contribution in [0.4, 0.5) is 5.69 Å². The molecule has 9 heteroatoms. The number of aromatic carboxylic acids is 1. The minimum absolute atomic E-state index is 0.0154. The molecule has 2 N–H and O–H groups in total. The van der Waals surface area contributed by atoms with E-state index < -0.39 is 11.2 Å². The number of allylic oxidation sites excluding steroid dienone is 1. The van der Waals surface area contributed by atoms with Crippen LogP contribution in [0.2, 0.25) is 0 Å². The molecular formula is C23H21N3O5S. The highest BCUT2D eigenvalue weighted by Crippen LogP contribution is 2.24. The van der Waals surface area contributed by atoms with Crippen LogP contribution >= 0.6 is 11.8 Å². The largest absolute Gasteiger partial charge is 0.478 e. The van der Waals surface area contributed by atoms with Gasteiger partial charge in [0, 0.05) is 17.8 Å². The molecule has 32 heavy (non-hydrogen) atoms. The Balaban J connectivity index is 1.89. The number of aromatic nitrogens is 2. The molecule has 1 atom stereocenters. The minimum atomic E-state index is -1.12. The van der Waals surface area contributed by atoms with Gasteiger partial charge in [-0.1, -0.05) is 17.8 Å². The summed E-state index contributed by atoms with van der Waals surface area (Å²) in [5, 5.41) is 11.9. The normalized spacial score (nSPS) is 11.7. The van der Waals surface area contributed by atoms with Crippen LogP contribution < -0.4 is 10.9 Å². The number of hydrogen-bond donors (Lipinski definition) is 2. The van der Waals surface area contributed by atoms with Gasteiger partial charge < -0.3 is 10.4 Å². The molecular weight excluding hydrogens is 430 g/mol. The van der Waals surface area contributed by atoms with Crippen molar-refractivity contribution in [2.45, 2.75) is 30.8 Å². The van der Waals surface area contributed by atoms with Crippen molar-refractivity contribution in [1.82, 2.24) is 9.55 Å². The van der Waals surface area contributed by atoms with Gasteiger partial charge in [-0.25, -0.2) is 9.78 Å². The third kappa shape index (κ3) is 4.94. The van der Waals surface area contributed by atoms with Gasteiger partial charge in [0.1, 0.15) is 0 Å². The highest BCUT2D eigenvalue weighted by atomic mass is 32.2. The number of thioether (sulfide) groups is 1. The maximum absolute atomic E-state index is 12.9. The van der Waals surface area contributed by atoms with Crippen LogP contribution in [0, 0.1) is 0 Å². The fourth-order valence-corrected chi connectivity index (χ4v) is 3.88. The average molecular weight is 452 g/mol. The van der Waals surface area contributed by atoms with Crippen LogP contribution in [0.15, 0.2) is 65.1 Å². The van der Waals surface area contributed by atoms with E-state index in [-0.39, 0.29) is 45.4 Å². The molecule has 3 rings (SSSR count). The van der Waals surface area contributed by atoms with E-state index in [2.05, 4.69) is 16.9 Å². The molecule has 1 heterocycles. The van der Waals surface area contributed by atoms with E-state index in [1.165, 1.54) is 29.7 Å². The van der Waals surface area contributed by atoms with E-state index in [4.69, 9.17) is 0 Å². The van der Waals surface area contributed by atoms with E-state index in [1.54, 1.807) is 37.3 Å². The molecule has 164 valence electrons. The Morgan fingerprint density at radius 3 is 2.44 bits per heavy atom. The first-order valence-corrected chi connectivity index (χ1v) is 10.6. The van der Waals surface area contributed by atoms with E-state index in [0.29, 0.717) is 11.3 Å². The first-order valence-electron chi connectivity index (χ1n) is 9.68. The van der Waals surface area contributed by atoms with Crippen molar-refractivity contribution >= 4 is 46.0 Å². The standard InChI is InChI=1S/C23H21N3O5S/c1-4-11-26-21(29)18-10-7-16(22(30)31)12-19(18)25-23(26)32-14(3)20(28)24-17-8-5-15(6-9-17)13(2)27/h4-10,12,14H,1,11H2,2-3H3,(H,24,28)(H,30,31)/t14-/m1/s1. The molecule has 0 fully saturated rings. The summed E-state index contributed by atoms with van der Waals surface area (Å²) in [7, 11) is 0. The third-order valence-electron chi connectivity index (χ3n) is 4.69. The van der Waals surface area contributed by atoms with Crippen molar-refractivity contribution in [2.24, 2.45) is 0 Å². The predicted octanol–water partition coefficient (Wildman–Crippen LogP) is 3.60. The molecule has 3 aromatic rings. The second-order valence-corrected chi connectivity index (χ2v) is 8.33. The summed E-state index contributed by atoms with van der Waals surface area (Å²) in [4.78, 5) is 52.7. The number of carboxylic acid groups (broad SMARTS) is 1. The maximum Gasteiger partial charge on any atom is 0.335 e. The molecule has 0 spiro atoms. The summed E-state index contributed by atoms with van der Waals surface area (Å²) in [6.07, 6.45) is 1.55. The average Bonchev–Trinajstić information content (AvgIpc) is 2.76. The summed E-state index contributed by atoms with van der Waals surface area (Å²) in [6, 6.07) is 10.7. The molecule has 1 aromatic heterocycles. The number of benzene rings is 2. The Labute approximate surface area is 188 Å². The summed E-state index contributed by atoms with van der Waals surface area (Å²) >= 11 is 1.08. The predicted molar refractivity (Wildman–Crippen MR) is 124 cm³/mol. The van der Waals surface area contributed by atoms with E-state index >= 15 is 0 Å². The number of carbonyl (C=O) groups is 3. The van der Waals surface area contributed by atoms with Gasteiger partial charge in [-0.05, 0) is 56.3 Å². The highest BCUT2D eigenvalue weighted by molar-refractivity contribution is 8.00. The molecule has 0 saturated heterocycles. The molecule has 8 nitrogen and oxygen atoms in total. The maximum atomic E-state index is 12.9. The molecule has 0 saturated carbocycles. The number of nitrogens with zero attached hydrogens (tertiary/aromatic N) is 2. The second kappa shape index (κ2) is 9.61. The minimum Gasteiger partial charge on any atom is -0.478 e. The molecule has 0 aliphatic heterocycles. The number of carbonyl (C=O) groups excluding carboxylic acids is 2. The number of fused-ring (bicyclic) bond motifs is 1.